The maximum Gasteiger partial charge on any atom is 0.405 e. The van der Waals surface area contributed by atoms with Gasteiger partial charge >= 0.3 is 13.7 Å². The molecule has 0 aliphatic carbocycles. The number of nitriles is 1. The van der Waals surface area contributed by atoms with E-state index < -0.39 is 37.6 Å². The molecule has 0 aliphatic rings. The van der Waals surface area contributed by atoms with Gasteiger partial charge in [0.05, 0.1) is 38.5 Å². The second-order valence-corrected chi connectivity index (χ2v) is 11.0. The first-order valence-electron chi connectivity index (χ1n) is 12.1. The summed E-state index contributed by atoms with van der Waals surface area (Å²) in [5.74, 6) is -1.48. The molecule has 0 spiro atoms. The first-order valence-corrected chi connectivity index (χ1v) is 13.8. The van der Waals surface area contributed by atoms with Gasteiger partial charge in [0.15, 0.2) is 6.10 Å². The molecule has 0 heterocycles. The van der Waals surface area contributed by atoms with Crippen LogP contribution < -0.4 is 16.4 Å². The summed E-state index contributed by atoms with van der Waals surface area (Å²) in [4.78, 5) is 35.9. The van der Waals surface area contributed by atoms with Gasteiger partial charge in [0.1, 0.15) is 6.04 Å². The Bertz CT molecular complexity index is 1050. The molecule has 0 saturated carbocycles. The third-order valence-electron chi connectivity index (χ3n) is 5.16. The van der Waals surface area contributed by atoms with E-state index in [-0.39, 0.29) is 38.3 Å². The maximum absolute atomic E-state index is 13.1. The number of carbonyl (C=O) groups is 3. The minimum atomic E-state index is -3.49. The normalized spacial score (nSPS) is 14.6. The number of allylic oxidation sites excluding steroid dienone is 1. The average Bonchev–Trinajstić information content (AvgIpc) is 2.86. The number of benzene rings is 1. The predicted molar refractivity (Wildman–Crippen MR) is 141 cm³/mol. The molecular formula is C25H37N4O8P. The second kappa shape index (κ2) is 16.6. The maximum atomic E-state index is 13.1. The number of nitrogens with two attached hydrogens (primary N) is 1. The van der Waals surface area contributed by atoms with Crippen molar-refractivity contribution in [3.8, 4) is 6.07 Å². The Morgan fingerprint density at radius 2 is 1.82 bits per heavy atom. The van der Waals surface area contributed by atoms with Gasteiger partial charge in [-0.3, -0.25) is 14.2 Å². The lowest BCUT2D eigenvalue weighted by atomic mass is 10.1. The summed E-state index contributed by atoms with van der Waals surface area (Å²) in [6.45, 7) is 6.44. The number of amides is 3. The van der Waals surface area contributed by atoms with Crippen molar-refractivity contribution in [3.63, 3.8) is 0 Å². The third kappa shape index (κ3) is 12.3. The number of hydrogen-bond donors (Lipinski definition) is 4. The Balaban J connectivity index is 2.72. The molecule has 0 aliphatic heterocycles. The molecule has 0 fully saturated rings. The third-order valence-corrected chi connectivity index (χ3v) is 7.06. The van der Waals surface area contributed by atoms with Gasteiger partial charge in [-0.05, 0) is 43.9 Å². The number of aliphatic hydroxyl groups excluding tert-OH is 1. The first kappa shape index (κ1) is 32.8. The highest BCUT2D eigenvalue weighted by atomic mass is 31.2. The van der Waals surface area contributed by atoms with Crippen LogP contribution in [0.2, 0.25) is 0 Å². The molecule has 3 atom stereocenters. The largest absolute Gasteiger partial charge is 0.436 e. The van der Waals surface area contributed by atoms with E-state index in [2.05, 4.69) is 10.6 Å². The summed E-state index contributed by atoms with van der Waals surface area (Å²) in [6.07, 6.45) is 0.0779. The van der Waals surface area contributed by atoms with Gasteiger partial charge in [-0.1, -0.05) is 37.6 Å². The van der Waals surface area contributed by atoms with Gasteiger partial charge in [0, 0.05) is 5.69 Å². The molecule has 1 rings (SSSR count). The zero-order valence-corrected chi connectivity index (χ0v) is 23.0. The topological polar surface area (TPSA) is 190 Å². The summed E-state index contributed by atoms with van der Waals surface area (Å²) in [7, 11) is -3.49. The van der Waals surface area contributed by atoms with Crippen LogP contribution in [-0.4, -0.2) is 54.5 Å². The van der Waals surface area contributed by atoms with Crippen LogP contribution in [0.25, 0.3) is 0 Å². The molecule has 0 saturated heterocycles. The van der Waals surface area contributed by atoms with Crippen LogP contribution in [0.4, 0.5) is 10.5 Å². The molecule has 1 aromatic carbocycles. The van der Waals surface area contributed by atoms with Crippen molar-refractivity contribution in [3.05, 3.63) is 41.5 Å². The number of rotatable bonds is 16. The zero-order chi connectivity index (χ0) is 28.7. The van der Waals surface area contributed by atoms with Crippen molar-refractivity contribution in [2.24, 2.45) is 11.7 Å². The van der Waals surface area contributed by atoms with E-state index in [0.29, 0.717) is 17.7 Å². The van der Waals surface area contributed by atoms with Crippen LogP contribution in [0.5, 0.6) is 0 Å². The van der Waals surface area contributed by atoms with Crippen LogP contribution in [0, 0.1) is 17.2 Å². The number of anilines is 1. The van der Waals surface area contributed by atoms with Crippen molar-refractivity contribution < 1.29 is 37.8 Å². The van der Waals surface area contributed by atoms with Crippen LogP contribution in [0.15, 0.2) is 35.9 Å². The molecule has 0 aromatic heterocycles. The number of carbonyl (C=O) groups excluding carboxylic acids is 3. The molecule has 1 aromatic rings. The SMILES string of the molecule is C/C(=C\CCP(=O)(OCCC#N)OCc1ccc(NC(=O)[C@H](C)NC(=O)[C@@H](OC(N)=O)C(C)C)cc1)CO. The van der Waals surface area contributed by atoms with Crippen LogP contribution >= 0.6 is 7.60 Å². The fraction of sp³-hybridized carbons (Fsp3) is 0.520. The van der Waals surface area contributed by atoms with Gasteiger partial charge in [-0.25, -0.2) is 4.79 Å². The summed E-state index contributed by atoms with van der Waals surface area (Å²) in [5.41, 5.74) is 6.86. The predicted octanol–water partition coefficient (Wildman–Crippen LogP) is 3.22. The number of primary amides is 1. The fourth-order valence-electron chi connectivity index (χ4n) is 3.02. The van der Waals surface area contributed by atoms with E-state index in [9.17, 15) is 18.9 Å². The van der Waals surface area contributed by atoms with Crippen molar-refractivity contribution in [1.82, 2.24) is 5.32 Å². The molecule has 0 radical (unpaired) electrons. The van der Waals surface area contributed by atoms with Crippen molar-refractivity contribution in [2.45, 2.75) is 59.3 Å². The average molecular weight is 553 g/mol. The molecule has 13 heteroatoms. The second-order valence-electron chi connectivity index (χ2n) is 8.86. The van der Waals surface area contributed by atoms with Crippen molar-refractivity contribution in [2.75, 3.05) is 24.7 Å². The molecule has 5 N–H and O–H groups in total. The minimum Gasteiger partial charge on any atom is -0.436 e. The van der Waals surface area contributed by atoms with Gasteiger partial charge in [-0.15, -0.1) is 0 Å². The lowest BCUT2D eigenvalue weighted by Gasteiger charge is -2.22. The van der Waals surface area contributed by atoms with Gasteiger partial charge in [0.2, 0.25) is 5.91 Å². The Hall–Kier alpha value is -3.23. The molecule has 12 nitrogen and oxygen atoms in total. The molecule has 210 valence electrons. The van der Waals surface area contributed by atoms with Crippen LogP contribution in [-0.2, 0) is 34.5 Å². The lowest BCUT2D eigenvalue weighted by Crippen LogP contribution is -2.49. The summed E-state index contributed by atoms with van der Waals surface area (Å²) >= 11 is 0. The summed E-state index contributed by atoms with van der Waals surface area (Å²) < 4.78 is 28.9. The first-order chi connectivity index (χ1) is 17.9. The number of ether oxygens (including phenoxy) is 1. The summed E-state index contributed by atoms with van der Waals surface area (Å²) in [5, 5.41) is 23.0. The van der Waals surface area contributed by atoms with Crippen LogP contribution in [0.1, 0.15) is 46.1 Å². The Morgan fingerprint density at radius 1 is 1.16 bits per heavy atom. The highest BCUT2D eigenvalue weighted by Crippen LogP contribution is 2.49. The number of hydrogen-bond acceptors (Lipinski definition) is 9. The van der Waals surface area contributed by atoms with E-state index >= 15 is 0 Å². The minimum absolute atomic E-state index is 0.0241. The van der Waals surface area contributed by atoms with E-state index in [0.717, 1.165) is 5.57 Å². The zero-order valence-electron chi connectivity index (χ0n) is 22.1. The molecule has 3 amide bonds. The van der Waals surface area contributed by atoms with E-state index in [1.165, 1.54) is 6.92 Å². The highest BCUT2D eigenvalue weighted by Gasteiger charge is 2.28. The summed E-state index contributed by atoms with van der Waals surface area (Å²) in [6, 6.07) is 7.58. The fourth-order valence-corrected chi connectivity index (χ4v) is 4.51. The Kier molecular flexibility index (Phi) is 14.3. The number of aliphatic hydroxyl groups is 1. The molecular weight excluding hydrogens is 515 g/mol. The van der Waals surface area contributed by atoms with Gasteiger partial charge < -0.3 is 35.3 Å². The quantitative estimate of drug-likeness (QED) is 0.135. The van der Waals surface area contributed by atoms with E-state index in [1.54, 1.807) is 51.1 Å². The number of nitrogens with one attached hydrogen (secondary N) is 2. The highest BCUT2D eigenvalue weighted by molar-refractivity contribution is 7.53. The Morgan fingerprint density at radius 3 is 2.37 bits per heavy atom. The molecule has 0 bridgehead atoms. The standard InChI is InChI=1S/C25H37N4O8P/c1-17(2)22(37-25(27)33)24(32)28-19(4)23(31)29-21-10-8-20(9-11-21)16-36-38(34,35-13-6-12-26)14-5-7-18(3)15-30/h7-11,17,19,22,30H,5-6,13-16H2,1-4H3,(H2,27,33)(H,28,32)(H,29,31)/b18-7+/t19-,22-,38?/m0/s1. The Labute approximate surface area is 223 Å². The van der Waals surface area contributed by atoms with E-state index in [4.69, 9.17) is 29.9 Å². The van der Waals surface area contributed by atoms with Crippen molar-refractivity contribution in [1.29, 1.82) is 5.26 Å². The van der Waals surface area contributed by atoms with E-state index in [1.807, 2.05) is 6.07 Å². The smallest absolute Gasteiger partial charge is 0.405 e. The van der Waals surface area contributed by atoms with Crippen molar-refractivity contribution >= 4 is 31.2 Å². The lowest BCUT2D eigenvalue weighted by molar-refractivity contribution is -0.134. The van der Waals surface area contributed by atoms with Gasteiger partial charge in [0.25, 0.3) is 5.91 Å². The van der Waals surface area contributed by atoms with Gasteiger partial charge in [-0.2, -0.15) is 5.26 Å². The van der Waals surface area contributed by atoms with Crippen LogP contribution in [0.3, 0.4) is 0 Å². The number of nitrogens with zero attached hydrogens (tertiary/aromatic N) is 1. The monoisotopic (exact) mass is 552 g/mol. The molecule has 38 heavy (non-hydrogen) atoms. The molecule has 1 unspecified atom stereocenters.